The Morgan fingerprint density at radius 2 is 2.00 bits per heavy atom. The average Bonchev–Trinajstić information content (AvgIpc) is 2.46. The first-order valence-corrected chi connectivity index (χ1v) is 7.43. The number of para-hydroxylation sites is 1. The maximum Gasteiger partial charge on any atom is 0.337 e. The predicted molar refractivity (Wildman–Crippen MR) is 82.0 cm³/mol. The largest absolute Gasteiger partial charge is 0.478 e. The number of benzene rings is 1. The van der Waals surface area contributed by atoms with Gasteiger partial charge in [0.05, 0.1) is 16.3 Å². The first-order chi connectivity index (χ1) is 9.54. The van der Waals surface area contributed by atoms with Gasteiger partial charge in [0.15, 0.2) is 0 Å². The van der Waals surface area contributed by atoms with Crippen LogP contribution in [0.25, 0.3) is 0 Å². The molecule has 0 bridgehead atoms. The minimum Gasteiger partial charge on any atom is -0.478 e. The summed E-state index contributed by atoms with van der Waals surface area (Å²) in [6.45, 7) is 7.93. The van der Waals surface area contributed by atoms with E-state index in [1.807, 2.05) is 0 Å². The molecule has 1 fully saturated rings. The molecule has 1 aromatic rings. The fourth-order valence-corrected chi connectivity index (χ4v) is 2.95. The van der Waals surface area contributed by atoms with Gasteiger partial charge in [0.25, 0.3) is 0 Å². The predicted octanol–water partition coefficient (Wildman–Crippen LogP) is 2.96. The van der Waals surface area contributed by atoms with Crippen molar-refractivity contribution in [2.45, 2.75) is 26.3 Å². The molecule has 1 aliphatic heterocycles. The number of nitrogens with zero attached hydrogens (tertiary/aromatic N) is 2. The number of hydrogen-bond acceptors (Lipinski definition) is 3. The Kier molecular flexibility index (Phi) is 4.89. The number of anilines is 1. The molecule has 2 rings (SSSR count). The van der Waals surface area contributed by atoms with E-state index in [0.29, 0.717) is 16.8 Å². The summed E-state index contributed by atoms with van der Waals surface area (Å²) in [6, 6.07) is 5.63. The molecule has 1 saturated heterocycles. The average molecular weight is 297 g/mol. The molecular formula is C15H21ClN2O2. The summed E-state index contributed by atoms with van der Waals surface area (Å²) in [5, 5.41) is 9.82. The van der Waals surface area contributed by atoms with Crippen LogP contribution in [0.5, 0.6) is 0 Å². The van der Waals surface area contributed by atoms with Crippen molar-refractivity contribution in [1.29, 1.82) is 0 Å². The lowest BCUT2D eigenvalue weighted by atomic mass is 10.1. The molecule has 5 heteroatoms. The van der Waals surface area contributed by atoms with Crippen LogP contribution in [0, 0.1) is 0 Å². The van der Waals surface area contributed by atoms with Crippen LogP contribution < -0.4 is 4.90 Å². The highest BCUT2D eigenvalue weighted by atomic mass is 35.5. The second-order valence-corrected chi connectivity index (χ2v) is 5.63. The maximum atomic E-state index is 11.3. The third-order valence-electron chi connectivity index (χ3n) is 4.06. The molecule has 0 spiro atoms. The molecule has 0 radical (unpaired) electrons. The van der Waals surface area contributed by atoms with Gasteiger partial charge >= 0.3 is 5.97 Å². The smallest absolute Gasteiger partial charge is 0.337 e. The molecule has 1 aromatic carbocycles. The van der Waals surface area contributed by atoms with Crippen molar-refractivity contribution in [3.8, 4) is 0 Å². The Hall–Kier alpha value is -1.26. The first kappa shape index (κ1) is 15.1. The van der Waals surface area contributed by atoms with Gasteiger partial charge in [-0.05, 0) is 25.5 Å². The molecule has 20 heavy (non-hydrogen) atoms. The quantitative estimate of drug-likeness (QED) is 0.928. The Bertz CT molecular complexity index is 485. The SMILES string of the molecule is CCC(C)N1CCN(c2c(Cl)cccc2C(=O)O)CC1. The van der Waals surface area contributed by atoms with Gasteiger partial charge in [-0.1, -0.05) is 24.6 Å². The summed E-state index contributed by atoms with van der Waals surface area (Å²) in [7, 11) is 0. The van der Waals surface area contributed by atoms with E-state index in [4.69, 9.17) is 11.6 Å². The molecule has 110 valence electrons. The molecule has 4 nitrogen and oxygen atoms in total. The zero-order valence-corrected chi connectivity index (χ0v) is 12.7. The number of rotatable bonds is 4. The summed E-state index contributed by atoms with van der Waals surface area (Å²) in [5.41, 5.74) is 0.944. The molecule has 1 unspecified atom stereocenters. The van der Waals surface area contributed by atoms with E-state index in [1.54, 1.807) is 18.2 Å². The van der Waals surface area contributed by atoms with Crippen molar-refractivity contribution in [2.75, 3.05) is 31.1 Å². The minimum absolute atomic E-state index is 0.287. The summed E-state index contributed by atoms with van der Waals surface area (Å²) in [4.78, 5) is 15.9. The third-order valence-corrected chi connectivity index (χ3v) is 4.37. The van der Waals surface area contributed by atoms with Gasteiger partial charge in [-0.3, -0.25) is 4.90 Å². The van der Waals surface area contributed by atoms with Gasteiger partial charge in [-0.25, -0.2) is 4.79 Å². The lowest BCUT2D eigenvalue weighted by Gasteiger charge is -2.39. The van der Waals surface area contributed by atoms with Crippen molar-refractivity contribution < 1.29 is 9.90 Å². The highest BCUT2D eigenvalue weighted by Gasteiger charge is 2.24. The van der Waals surface area contributed by atoms with Crippen LogP contribution in [0.2, 0.25) is 5.02 Å². The van der Waals surface area contributed by atoms with Crippen molar-refractivity contribution in [1.82, 2.24) is 4.90 Å². The molecule has 0 aliphatic carbocycles. The number of hydrogen-bond donors (Lipinski definition) is 1. The van der Waals surface area contributed by atoms with Gasteiger partial charge in [0, 0.05) is 32.2 Å². The minimum atomic E-state index is -0.924. The molecule has 1 atom stereocenters. The lowest BCUT2D eigenvalue weighted by Crippen LogP contribution is -2.49. The zero-order valence-electron chi connectivity index (χ0n) is 12.0. The zero-order chi connectivity index (χ0) is 14.7. The maximum absolute atomic E-state index is 11.3. The van der Waals surface area contributed by atoms with Crippen LogP contribution >= 0.6 is 11.6 Å². The fraction of sp³-hybridized carbons (Fsp3) is 0.533. The summed E-state index contributed by atoms with van der Waals surface area (Å²) < 4.78 is 0. The van der Waals surface area contributed by atoms with Crippen molar-refractivity contribution in [3.05, 3.63) is 28.8 Å². The molecule has 0 amide bonds. The van der Waals surface area contributed by atoms with Gasteiger partial charge in [0.1, 0.15) is 0 Å². The van der Waals surface area contributed by atoms with Gasteiger partial charge in [0.2, 0.25) is 0 Å². The lowest BCUT2D eigenvalue weighted by molar-refractivity contribution is 0.0697. The van der Waals surface area contributed by atoms with E-state index in [0.717, 1.165) is 32.6 Å². The van der Waals surface area contributed by atoms with Crippen LogP contribution in [0.15, 0.2) is 18.2 Å². The number of aromatic carboxylic acids is 1. The molecule has 0 saturated carbocycles. The number of halogens is 1. The van der Waals surface area contributed by atoms with E-state index in [1.165, 1.54) is 0 Å². The third kappa shape index (κ3) is 3.07. The molecular weight excluding hydrogens is 276 g/mol. The van der Waals surface area contributed by atoms with Crippen LogP contribution in [-0.2, 0) is 0 Å². The second-order valence-electron chi connectivity index (χ2n) is 5.22. The van der Waals surface area contributed by atoms with Crippen LogP contribution in [-0.4, -0.2) is 48.2 Å². The second kappa shape index (κ2) is 6.46. The Morgan fingerprint density at radius 1 is 1.35 bits per heavy atom. The topological polar surface area (TPSA) is 43.8 Å². The molecule has 0 aromatic heterocycles. The van der Waals surface area contributed by atoms with Crippen LogP contribution in [0.4, 0.5) is 5.69 Å². The van der Waals surface area contributed by atoms with Crippen LogP contribution in [0.3, 0.4) is 0 Å². The van der Waals surface area contributed by atoms with Crippen molar-refractivity contribution >= 4 is 23.3 Å². The van der Waals surface area contributed by atoms with Crippen molar-refractivity contribution in [2.24, 2.45) is 0 Å². The normalized spacial score (nSPS) is 18.1. The van der Waals surface area contributed by atoms with Crippen molar-refractivity contribution in [3.63, 3.8) is 0 Å². The van der Waals surface area contributed by atoms with E-state index in [-0.39, 0.29) is 5.56 Å². The van der Waals surface area contributed by atoms with E-state index >= 15 is 0 Å². The first-order valence-electron chi connectivity index (χ1n) is 7.05. The standard InChI is InChI=1S/C15H21ClN2O2/c1-3-11(2)17-7-9-18(10-8-17)14-12(15(19)20)5-4-6-13(14)16/h4-6,11H,3,7-10H2,1-2H3,(H,19,20). The number of carbonyl (C=O) groups is 1. The highest BCUT2D eigenvalue weighted by Crippen LogP contribution is 2.31. The van der Waals surface area contributed by atoms with Gasteiger partial charge < -0.3 is 10.0 Å². The molecule has 1 heterocycles. The highest BCUT2D eigenvalue weighted by molar-refractivity contribution is 6.34. The molecule has 1 aliphatic rings. The van der Waals surface area contributed by atoms with E-state index in [9.17, 15) is 9.90 Å². The monoisotopic (exact) mass is 296 g/mol. The summed E-state index contributed by atoms with van der Waals surface area (Å²) in [6.07, 6.45) is 1.13. The van der Waals surface area contributed by atoms with Gasteiger partial charge in [-0.15, -0.1) is 0 Å². The van der Waals surface area contributed by atoms with Gasteiger partial charge in [-0.2, -0.15) is 0 Å². The Balaban J connectivity index is 2.17. The number of carboxylic acids is 1. The Morgan fingerprint density at radius 3 is 2.55 bits per heavy atom. The van der Waals surface area contributed by atoms with E-state index < -0.39 is 5.97 Å². The fourth-order valence-electron chi connectivity index (χ4n) is 2.65. The number of piperazine rings is 1. The van der Waals surface area contributed by atoms with Crippen LogP contribution in [0.1, 0.15) is 30.6 Å². The summed E-state index contributed by atoms with van der Waals surface area (Å²) in [5.74, 6) is -0.924. The Labute approximate surface area is 124 Å². The molecule has 1 N–H and O–H groups in total. The summed E-state index contributed by atoms with van der Waals surface area (Å²) >= 11 is 6.21. The van der Waals surface area contributed by atoms with E-state index in [2.05, 4.69) is 23.6 Å². The number of carboxylic acid groups (broad SMARTS) is 1.